The minimum atomic E-state index is 0.891. The summed E-state index contributed by atoms with van der Waals surface area (Å²) in [5.41, 5.74) is 0. The van der Waals surface area contributed by atoms with E-state index in [2.05, 4.69) is 26.8 Å². The van der Waals surface area contributed by atoms with Crippen LogP contribution in [0.15, 0.2) is 12.2 Å². The van der Waals surface area contributed by atoms with Gasteiger partial charge in [-0.1, -0.05) is 83.8 Å². The molecule has 0 saturated heterocycles. The van der Waals surface area contributed by atoms with Crippen LogP contribution in [0.2, 0.25) is 0 Å². The Balaban J connectivity index is 2.94. The van der Waals surface area contributed by atoms with Gasteiger partial charge >= 0.3 is 0 Å². The molecule has 0 heteroatoms. The van der Waals surface area contributed by atoms with E-state index in [1.807, 2.05) is 6.08 Å². The molecule has 0 fully saturated rings. The third-order valence-electron chi connectivity index (χ3n) is 3.32. The van der Waals surface area contributed by atoms with Crippen LogP contribution in [0, 0.1) is 12.8 Å². The third kappa shape index (κ3) is 15.7. The lowest BCUT2D eigenvalue weighted by molar-refractivity contribution is 0.506. The molecule has 0 nitrogen and oxygen atoms in total. The van der Waals surface area contributed by atoms with Gasteiger partial charge in [0, 0.05) is 0 Å². The molecular weight excluding hydrogens is 204 g/mol. The van der Waals surface area contributed by atoms with Crippen molar-refractivity contribution < 1.29 is 0 Å². The molecule has 0 unspecified atom stereocenters. The van der Waals surface area contributed by atoms with Crippen LogP contribution in [-0.4, -0.2) is 0 Å². The standard InChI is InChI=1S/C17H33/c1-4-5-6-7-8-9-10-11-12-13-14-15-16-17(2)3/h4-5,17H,1,6-16H2,2-3H3. The Labute approximate surface area is 110 Å². The molecule has 0 aromatic heterocycles. The molecule has 0 atom stereocenters. The van der Waals surface area contributed by atoms with Crippen molar-refractivity contribution in [3.63, 3.8) is 0 Å². The maximum Gasteiger partial charge on any atom is -0.0316 e. The van der Waals surface area contributed by atoms with Crippen molar-refractivity contribution in [2.45, 2.75) is 84.5 Å². The summed E-state index contributed by atoms with van der Waals surface area (Å²) < 4.78 is 0. The molecule has 17 heavy (non-hydrogen) atoms. The molecule has 0 saturated carbocycles. The van der Waals surface area contributed by atoms with Crippen molar-refractivity contribution in [2.75, 3.05) is 0 Å². The van der Waals surface area contributed by atoms with E-state index < -0.39 is 0 Å². The second-order valence-corrected chi connectivity index (χ2v) is 5.62. The van der Waals surface area contributed by atoms with Crippen LogP contribution in [0.3, 0.4) is 0 Å². The maximum atomic E-state index is 3.70. The summed E-state index contributed by atoms with van der Waals surface area (Å²) in [7, 11) is 0. The van der Waals surface area contributed by atoms with E-state index in [1.54, 1.807) is 0 Å². The quantitative estimate of drug-likeness (QED) is 0.348. The van der Waals surface area contributed by atoms with Gasteiger partial charge in [0.2, 0.25) is 0 Å². The fourth-order valence-electron chi connectivity index (χ4n) is 2.17. The van der Waals surface area contributed by atoms with Crippen LogP contribution in [0.5, 0.6) is 0 Å². The highest BCUT2D eigenvalue weighted by Gasteiger charge is 1.95. The highest BCUT2D eigenvalue weighted by Crippen LogP contribution is 2.13. The van der Waals surface area contributed by atoms with Gasteiger partial charge in [-0.25, -0.2) is 0 Å². The fourth-order valence-corrected chi connectivity index (χ4v) is 2.17. The number of rotatable bonds is 12. The van der Waals surface area contributed by atoms with E-state index in [-0.39, 0.29) is 0 Å². The van der Waals surface area contributed by atoms with Gasteiger partial charge in [0.25, 0.3) is 0 Å². The minimum absolute atomic E-state index is 0.891. The number of allylic oxidation sites excluding steroid dienone is 2. The Morgan fingerprint density at radius 2 is 1.24 bits per heavy atom. The van der Waals surface area contributed by atoms with Crippen LogP contribution in [0.25, 0.3) is 0 Å². The highest BCUT2D eigenvalue weighted by molar-refractivity contribution is 4.83. The molecule has 0 amide bonds. The van der Waals surface area contributed by atoms with Gasteiger partial charge in [-0.05, 0) is 25.7 Å². The topological polar surface area (TPSA) is 0 Å². The first-order chi connectivity index (χ1) is 8.27. The maximum absolute atomic E-state index is 3.70. The Morgan fingerprint density at radius 1 is 0.765 bits per heavy atom. The Bertz CT molecular complexity index is 155. The van der Waals surface area contributed by atoms with Crippen LogP contribution in [0.1, 0.15) is 84.5 Å². The Morgan fingerprint density at radius 3 is 1.71 bits per heavy atom. The zero-order chi connectivity index (χ0) is 12.8. The fraction of sp³-hybridized carbons (Fsp3) is 0.824. The Hall–Kier alpha value is -0.260. The van der Waals surface area contributed by atoms with Crippen molar-refractivity contribution in [3.8, 4) is 0 Å². The van der Waals surface area contributed by atoms with Crippen LogP contribution >= 0.6 is 0 Å². The molecular formula is C17H33. The van der Waals surface area contributed by atoms with Crippen molar-refractivity contribution in [2.24, 2.45) is 5.92 Å². The molecule has 0 spiro atoms. The van der Waals surface area contributed by atoms with E-state index in [1.165, 1.54) is 70.6 Å². The molecule has 0 rings (SSSR count). The lowest BCUT2D eigenvalue weighted by Crippen LogP contribution is -1.87. The second-order valence-electron chi connectivity index (χ2n) is 5.62. The predicted octanol–water partition coefficient (Wildman–Crippen LogP) is 6.32. The van der Waals surface area contributed by atoms with E-state index in [9.17, 15) is 0 Å². The largest absolute Gasteiger partial charge is 0.0885 e. The van der Waals surface area contributed by atoms with Gasteiger partial charge < -0.3 is 0 Å². The molecule has 0 heterocycles. The Kier molecular flexibility index (Phi) is 13.6. The summed E-state index contributed by atoms with van der Waals surface area (Å²) in [6.07, 6.45) is 19.6. The summed E-state index contributed by atoms with van der Waals surface area (Å²) in [5.74, 6) is 0.891. The van der Waals surface area contributed by atoms with Crippen molar-refractivity contribution in [1.29, 1.82) is 0 Å². The zero-order valence-electron chi connectivity index (χ0n) is 12.2. The first-order valence-electron chi connectivity index (χ1n) is 7.71. The van der Waals surface area contributed by atoms with Crippen LogP contribution < -0.4 is 0 Å². The summed E-state index contributed by atoms with van der Waals surface area (Å²) in [6, 6.07) is 0. The van der Waals surface area contributed by atoms with Gasteiger partial charge in [0.15, 0.2) is 0 Å². The van der Waals surface area contributed by atoms with Crippen LogP contribution in [-0.2, 0) is 0 Å². The lowest BCUT2D eigenvalue weighted by Gasteiger charge is -2.04. The van der Waals surface area contributed by atoms with Gasteiger partial charge in [-0.3, -0.25) is 0 Å². The molecule has 0 bridgehead atoms. The predicted molar refractivity (Wildman–Crippen MR) is 80.1 cm³/mol. The molecule has 0 aliphatic heterocycles. The molecule has 0 aliphatic carbocycles. The van der Waals surface area contributed by atoms with Gasteiger partial charge in [0.05, 0.1) is 0 Å². The molecule has 0 aromatic carbocycles. The highest BCUT2D eigenvalue weighted by atomic mass is 14.0. The smallest absolute Gasteiger partial charge is 0.0316 e. The third-order valence-corrected chi connectivity index (χ3v) is 3.32. The summed E-state index contributed by atoms with van der Waals surface area (Å²) in [6.45, 7) is 8.35. The molecule has 0 N–H and O–H groups in total. The minimum Gasteiger partial charge on any atom is -0.0885 e. The first-order valence-corrected chi connectivity index (χ1v) is 7.71. The number of hydrogen-bond donors (Lipinski definition) is 0. The molecule has 0 aromatic rings. The molecule has 101 valence electrons. The van der Waals surface area contributed by atoms with Gasteiger partial charge in [0.1, 0.15) is 0 Å². The van der Waals surface area contributed by atoms with E-state index >= 15 is 0 Å². The van der Waals surface area contributed by atoms with E-state index in [0.717, 1.165) is 5.92 Å². The summed E-state index contributed by atoms with van der Waals surface area (Å²) in [5, 5.41) is 0. The van der Waals surface area contributed by atoms with Crippen molar-refractivity contribution >= 4 is 0 Å². The van der Waals surface area contributed by atoms with Gasteiger partial charge in [-0.2, -0.15) is 0 Å². The average Bonchev–Trinajstić information content (AvgIpc) is 2.30. The zero-order valence-corrected chi connectivity index (χ0v) is 12.2. The van der Waals surface area contributed by atoms with Crippen LogP contribution in [0.4, 0.5) is 0 Å². The first kappa shape index (κ1) is 16.7. The van der Waals surface area contributed by atoms with Crippen molar-refractivity contribution in [3.05, 3.63) is 19.1 Å². The van der Waals surface area contributed by atoms with Gasteiger partial charge in [-0.15, -0.1) is 0 Å². The summed E-state index contributed by atoms with van der Waals surface area (Å²) >= 11 is 0. The second kappa shape index (κ2) is 13.8. The van der Waals surface area contributed by atoms with E-state index in [4.69, 9.17) is 0 Å². The molecule has 0 aliphatic rings. The van der Waals surface area contributed by atoms with Crippen molar-refractivity contribution in [1.82, 2.24) is 0 Å². The molecule has 1 radical (unpaired) electrons. The van der Waals surface area contributed by atoms with E-state index in [0.29, 0.717) is 0 Å². The SMILES string of the molecule is [CH2]C=CCCCCCCCCCCCC(C)C. The number of hydrogen-bond acceptors (Lipinski definition) is 0. The number of unbranched alkanes of at least 4 members (excludes halogenated alkanes) is 9. The average molecular weight is 237 g/mol. The summed E-state index contributed by atoms with van der Waals surface area (Å²) in [4.78, 5) is 0. The lowest BCUT2D eigenvalue weighted by atomic mass is 10.0. The normalized spacial score (nSPS) is 11.8. The monoisotopic (exact) mass is 237 g/mol.